The zero-order valence-corrected chi connectivity index (χ0v) is 15.3. The molecule has 3 rings (SSSR count). The predicted octanol–water partition coefficient (Wildman–Crippen LogP) is 0.647. The Bertz CT molecular complexity index is 802. The van der Waals surface area contributed by atoms with E-state index >= 15 is 0 Å². The van der Waals surface area contributed by atoms with Crippen molar-refractivity contribution in [1.82, 2.24) is 30.9 Å². The average molecular weight is 368 g/mol. The Labute approximate surface area is 158 Å². The van der Waals surface area contributed by atoms with Gasteiger partial charge in [-0.05, 0) is 25.0 Å². The molecule has 1 aromatic heterocycles. The van der Waals surface area contributed by atoms with Crippen molar-refractivity contribution in [2.24, 2.45) is 0 Å². The molecule has 0 spiro atoms. The second-order valence-electron chi connectivity index (χ2n) is 6.40. The highest BCUT2D eigenvalue weighted by Gasteiger charge is 2.30. The van der Waals surface area contributed by atoms with Crippen molar-refractivity contribution in [3.05, 3.63) is 53.9 Å². The quantitative estimate of drug-likeness (QED) is 0.623. The van der Waals surface area contributed by atoms with Gasteiger partial charge >= 0.3 is 0 Å². The van der Waals surface area contributed by atoms with Crippen molar-refractivity contribution in [1.29, 1.82) is 0 Å². The maximum Gasteiger partial charge on any atom is 0.244 e. The second-order valence-corrected chi connectivity index (χ2v) is 6.40. The van der Waals surface area contributed by atoms with Crippen molar-refractivity contribution in [3.63, 3.8) is 0 Å². The predicted molar refractivity (Wildman–Crippen MR) is 101 cm³/mol. The van der Waals surface area contributed by atoms with Crippen LogP contribution in [0.25, 0.3) is 6.08 Å². The number of hydrogen-bond donors (Lipinski definition) is 3. The van der Waals surface area contributed by atoms with Gasteiger partial charge in [-0.15, -0.1) is 5.10 Å². The molecule has 2 heterocycles. The molecule has 0 unspecified atom stereocenters. The van der Waals surface area contributed by atoms with E-state index in [1.807, 2.05) is 43.5 Å². The Balaban J connectivity index is 1.48. The third kappa shape index (κ3) is 5.24. The minimum absolute atomic E-state index is 0.0119. The smallest absolute Gasteiger partial charge is 0.244 e. The van der Waals surface area contributed by atoms with Crippen LogP contribution in [0.2, 0.25) is 0 Å². The second kappa shape index (κ2) is 9.09. The number of carbonyl (C=O) groups excluding carboxylic acids is 2. The Morgan fingerprint density at radius 1 is 1.30 bits per heavy atom. The van der Waals surface area contributed by atoms with E-state index in [9.17, 15) is 9.59 Å². The van der Waals surface area contributed by atoms with E-state index in [1.165, 1.54) is 6.08 Å². The van der Waals surface area contributed by atoms with Gasteiger partial charge in [0.05, 0.1) is 24.8 Å². The standard InChI is InChI=1S/C19H24N6O2/c1-2-20-19(27)17-10-16(12-21-17)25-13-15(23-24-25)11-22-18(26)9-8-14-6-4-3-5-7-14/h3-9,13,16-17,21H,2,10-12H2,1H3,(H,20,27)(H,22,26)/b9-8+/t16-,17+/m1/s1. The molecule has 0 saturated carbocycles. The summed E-state index contributed by atoms with van der Waals surface area (Å²) in [5.74, 6) is -0.176. The first-order chi connectivity index (χ1) is 13.2. The van der Waals surface area contributed by atoms with Gasteiger partial charge in [-0.3, -0.25) is 9.59 Å². The molecule has 2 aromatic rings. The van der Waals surface area contributed by atoms with E-state index in [1.54, 1.807) is 10.8 Å². The number of amides is 2. The van der Waals surface area contributed by atoms with E-state index in [0.717, 1.165) is 5.56 Å². The number of likely N-dealkylation sites (N-methyl/N-ethyl adjacent to an activating group) is 1. The van der Waals surface area contributed by atoms with Gasteiger partial charge in [0.1, 0.15) is 5.69 Å². The topological polar surface area (TPSA) is 101 Å². The van der Waals surface area contributed by atoms with Gasteiger partial charge in [0.2, 0.25) is 11.8 Å². The van der Waals surface area contributed by atoms with Crippen molar-refractivity contribution in [3.8, 4) is 0 Å². The van der Waals surface area contributed by atoms with Crippen molar-refractivity contribution < 1.29 is 9.59 Å². The summed E-state index contributed by atoms with van der Waals surface area (Å²) in [4.78, 5) is 23.8. The van der Waals surface area contributed by atoms with Crippen molar-refractivity contribution in [2.45, 2.75) is 32.0 Å². The van der Waals surface area contributed by atoms with Crippen LogP contribution in [0.4, 0.5) is 0 Å². The number of nitrogens with zero attached hydrogens (tertiary/aromatic N) is 3. The minimum atomic E-state index is -0.203. The molecule has 2 atom stereocenters. The van der Waals surface area contributed by atoms with Crippen LogP contribution >= 0.6 is 0 Å². The van der Waals surface area contributed by atoms with Crippen LogP contribution in [0.15, 0.2) is 42.6 Å². The van der Waals surface area contributed by atoms with Gasteiger partial charge in [-0.1, -0.05) is 35.5 Å². The van der Waals surface area contributed by atoms with Gasteiger partial charge in [-0.2, -0.15) is 0 Å². The highest BCUT2D eigenvalue weighted by Crippen LogP contribution is 2.19. The number of benzene rings is 1. The first kappa shape index (κ1) is 18.8. The van der Waals surface area contributed by atoms with Crippen molar-refractivity contribution >= 4 is 17.9 Å². The monoisotopic (exact) mass is 368 g/mol. The molecule has 2 amide bonds. The SMILES string of the molecule is CCNC(=O)[C@@H]1C[C@@H](n2cc(CNC(=O)/C=C/c3ccccc3)nn2)CN1. The summed E-state index contributed by atoms with van der Waals surface area (Å²) < 4.78 is 1.76. The summed E-state index contributed by atoms with van der Waals surface area (Å²) >= 11 is 0. The molecule has 1 fully saturated rings. The molecular weight excluding hydrogens is 344 g/mol. The molecule has 0 radical (unpaired) electrons. The Hall–Kier alpha value is -3.00. The molecule has 1 aliphatic heterocycles. The van der Waals surface area contributed by atoms with E-state index in [0.29, 0.717) is 31.7 Å². The normalized spacial score (nSPS) is 19.3. The van der Waals surface area contributed by atoms with Gasteiger partial charge in [-0.25, -0.2) is 4.68 Å². The third-order valence-corrected chi connectivity index (χ3v) is 4.38. The molecule has 3 N–H and O–H groups in total. The van der Waals surface area contributed by atoms with Crippen LogP contribution in [0.3, 0.4) is 0 Å². The maximum atomic E-state index is 11.9. The summed E-state index contributed by atoms with van der Waals surface area (Å²) in [6, 6.07) is 9.50. The summed E-state index contributed by atoms with van der Waals surface area (Å²) in [5, 5.41) is 17.1. The first-order valence-electron chi connectivity index (χ1n) is 9.08. The zero-order valence-electron chi connectivity index (χ0n) is 15.3. The summed E-state index contributed by atoms with van der Waals surface area (Å²) in [6.07, 6.45) is 5.74. The number of aromatic nitrogens is 3. The van der Waals surface area contributed by atoms with Crippen molar-refractivity contribution in [2.75, 3.05) is 13.1 Å². The third-order valence-electron chi connectivity index (χ3n) is 4.38. The van der Waals surface area contributed by atoms with Crippen LogP contribution in [-0.2, 0) is 16.1 Å². The molecule has 8 heteroatoms. The van der Waals surface area contributed by atoms with Crippen LogP contribution in [0.1, 0.15) is 30.6 Å². The largest absolute Gasteiger partial charge is 0.355 e. The fourth-order valence-corrected chi connectivity index (χ4v) is 2.96. The highest BCUT2D eigenvalue weighted by atomic mass is 16.2. The maximum absolute atomic E-state index is 11.9. The van der Waals surface area contributed by atoms with E-state index < -0.39 is 0 Å². The Kier molecular flexibility index (Phi) is 6.32. The molecule has 27 heavy (non-hydrogen) atoms. The summed E-state index contributed by atoms with van der Waals surface area (Å²) in [7, 11) is 0. The van der Waals surface area contributed by atoms with Gasteiger partial charge in [0.25, 0.3) is 0 Å². The molecule has 0 aliphatic carbocycles. The molecule has 8 nitrogen and oxygen atoms in total. The Morgan fingerprint density at radius 3 is 2.89 bits per heavy atom. The van der Waals surface area contributed by atoms with Gasteiger partial charge < -0.3 is 16.0 Å². The molecule has 1 aromatic carbocycles. The van der Waals surface area contributed by atoms with E-state index in [4.69, 9.17) is 0 Å². The number of carbonyl (C=O) groups is 2. The fraction of sp³-hybridized carbons (Fsp3) is 0.368. The van der Waals surface area contributed by atoms with Crippen LogP contribution < -0.4 is 16.0 Å². The average Bonchev–Trinajstić information content (AvgIpc) is 3.35. The molecule has 1 aliphatic rings. The fourth-order valence-electron chi connectivity index (χ4n) is 2.96. The van der Waals surface area contributed by atoms with Gasteiger partial charge in [0, 0.05) is 19.2 Å². The molecule has 0 bridgehead atoms. The van der Waals surface area contributed by atoms with E-state index in [2.05, 4.69) is 26.3 Å². The number of rotatable bonds is 7. The summed E-state index contributed by atoms with van der Waals surface area (Å²) in [5.41, 5.74) is 1.65. The van der Waals surface area contributed by atoms with Crippen LogP contribution in [-0.4, -0.2) is 45.9 Å². The number of nitrogens with one attached hydrogen (secondary N) is 3. The molecule has 1 saturated heterocycles. The first-order valence-corrected chi connectivity index (χ1v) is 9.08. The lowest BCUT2D eigenvalue weighted by Crippen LogP contribution is -2.40. The lowest BCUT2D eigenvalue weighted by atomic mass is 10.1. The molecule has 142 valence electrons. The lowest BCUT2D eigenvalue weighted by molar-refractivity contribution is -0.122. The Morgan fingerprint density at radius 2 is 2.11 bits per heavy atom. The minimum Gasteiger partial charge on any atom is -0.355 e. The zero-order chi connectivity index (χ0) is 19.1. The van der Waals surface area contributed by atoms with Crippen LogP contribution in [0.5, 0.6) is 0 Å². The van der Waals surface area contributed by atoms with Crippen LogP contribution in [0, 0.1) is 0 Å². The lowest BCUT2D eigenvalue weighted by Gasteiger charge is -2.10. The number of hydrogen-bond acceptors (Lipinski definition) is 5. The highest BCUT2D eigenvalue weighted by molar-refractivity contribution is 5.91. The summed E-state index contributed by atoms with van der Waals surface area (Å²) in [6.45, 7) is 3.49. The molecular formula is C19H24N6O2. The van der Waals surface area contributed by atoms with Gasteiger partial charge in [0.15, 0.2) is 0 Å². The van der Waals surface area contributed by atoms with E-state index in [-0.39, 0.29) is 23.9 Å².